The van der Waals surface area contributed by atoms with Crippen molar-refractivity contribution in [3.05, 3.63) is 102 Å². The SMILES string of the molecule is CC(NC(=O)c1cn(-c2ccccc2)nc1-c1cccnc1)c1ccc(F)cc1. The molecule has 2 aromatic carbocycles. The predicted octanol–water partition coefficient (Wildman–Crippen LogP) is 4.56. The lowest BCUT2D eigenvalue weighted by atomic mass is 10.1. The van der Waals surface area contributed by atoms with Gasteiger partial charge in [0.2, 0.25) is 0 Å². The highest BCUT2D eigenvalue weighted by atomic mass is 19.1. The number of benzene rings is 2. The van der Waals surface area contributed by atoms with Gasteiger partial charge in [0.15, 0.2) is 0 Å². The van der Waals surface area contributed by atoms with Gasteiger partial charge in [0.25, 0.3) is 5.91 Å². The molecule has 4 rings (SSSR count). The second kappa shape index (κ2) is 8.06. The van der Waals surface area contributed by atoms with Crippen molar-refractivity contribution in [1.29, 1.82) is 0 Å². The molecule has 1 unspecified atom stereocenters. The number of amides is 1. The second-order valence-electron chi connectivity index (χ2n) is 6.66. The van der Waals surface area contributed by atoms with Crippen LogP contribution in [0.15, 0.2) is 85.3 Å². The quantitative estimate of drug-likeness (QED) is 0.547. The van der Waals surface area contributed by atoms with Gasteiger partial charge in [0.1, 0.15) is 11.5 Å². The van der Waals surface area contributed by atoms with Gasteiger partial charge in [-0.3, -0.25) is 9.78 Å². The Balaban J connectivity index is 1.68. The normalized spacial score (nSPS) is 11.8. The van der Waals surface area contributed by atoms with Gasteiger partial charge in [-0.05, 0) is 48.9 Å². The van der Waals surface area contributed by atoms with Crippen molar-refractivity contribution in [1.82, 2.24) is 20.1 Å². The lowest BCUT2D eigenvalue weighted by Crippen LogP contribution is -2.26. The van der Waals surface area contributed by atoms with Gasteiger partial charge in [-0.1, -0.05) is 30.3 Å². The van der Waals surface area contributed by atoms with E-state index in [0.29, 0.717) is 11.3 Å². The van der Waals surface area contributed by atoms with Crippen LogP contribution in [-0.4, -0.2) is 20.7 Å². The van der Waals surface area contributed by atoms with Crippen molar-refractivity contribution < 1.29 is 9.18 Å². The Labute approximate surface area is 167 Å². The Hall–Kier alpha value is -3.80. The average molecular weight is 386 g/mol. The van der Waals surface area contributed by atoms with Crippen LogP contribution in [0.3, 0.4) is 0 Å². The summed E-state index contributed by atoms with van der Waals surface area (Å²) in [6.45, 7) is 1.86. The summed E-state index contributed by atoms with van der Waals surface area (Å²) in [5, 5.41) is 7.60. The Kier molecular flexibility index (Phi) is 5.16. The van der Waals surface area contributed by atoms with Crippen LogP contribution in [0.25, 0.3) is 16.9 Å². The molecule has 4 aromatic rings. The van der Waals surface area contributed by atoms with Crippen LogP contribution in [0.1, 0.15) is 28.9 Å². The van der Waals surface area contributed by atoms with Crippen molar-refractivity contribution in [2.24, 2.45) is 0 Å². The third-order valence-electron chi connectivity index (χ3n) is 4.63. The average Bonchev–Trinajstić information content (AvgIpc) is 3.21. The van der Waals surface area contributed by atoms with Gasteiger partial charge in [0.05, 0.1) is 17.3 Å². The Morgan fingerprint density at radius 1 is 1.03 bits per heavy atom. The first-order valence-corrected chi connectivity index (χ1v) is 9.23. The molecule has 0 radical (unpaired) electrons. The van der Waals surface area contributed by atoms with Crippen molar-refractivity contribution in [3.8, 4) is 16.9 Å². The molecule has 0 aliphatic rings. The maximum Gasteiger partial charge on any atom is 0.255 e. The number of nitrogens with one attached hydrogen (secondary N) is 1. The van der Waals surface area contributed by atoms with E-state index in [1.807, 2.05) is 43.3 Å². The number of para-hydroxylation sites is 1. The molecular weight excluding hydrogens is 367 g/mol. The summed E-state index contributed by atoms with van der Waals surface area (Å²) in [7, 11) is 0. The summed E-state index contributed by atoms with van der Waals surface area (Å²) < 4.78 is 14.9. The van der Waals surface area contributed by atoms with Crippen molar-refractivity contribution in [2.75, 3.05) is 0 Å². The molecule has 144 valence electrons. The monoisotopic (exact) mass is 386 g/mol. The lowest BCUT2D eigenvalue weighted by molar-refractivity contribution is 0.0940. The fourth-order valence-electron chi connectivity index (χ4n) is 3.08. The predicted molar refractivity (Wildman–Crippen MR) is 109 cm³/mol. The zero-order chi connectivity index (χ0) is 20.2. The van der Waals surface area contributed by atoms with Gasteiger partial charge in [-0.25, -0.2) is 9.07 Å². The first-order valence-electron chi connectivity index (χ1n) is 9.23. The van der Waals surface area contributed by atoms with E-state index in [2.05, 4.69) is 15.4 Å². The van der Waals surface area contributed by atoms with E-state index in [1.165, 1.54) is 12.1 Å². The van der Waals surface area contributed by atoms with Crippen molar-refractivity contribution >= 4 is 5.91 Å². The molecule has 0 aliphatic heterocycles. The topological polar surface area (TPSA) is 59.8 Å². The van der Waals surface area contributed by atoms with E-state index < -0.39 is 0 Å². The Morgan fingerprint density at radius 3 is 2.48 bits per heavy atom. The van der Waals surface area contributed by atoms with Crippen molar-refractivity contribution in [2.45, 2.75) is 13.0 Å². The van der Waals surface area contributed by atoms with Crippen LogP contribution in [0, 0.1) is 5.82 Å². The van der Waals surface area contributed by atoms with Crippen LogP contribution in [0.2, 0.25) is 0 Å². The minimum Gasteiger partial charge on any atom is -0.345 e. The van der Waals surface area contributed by atoms with Crippen LogP contribution in [0.5, 0.6) is 0 Å². The largest absolute Gasteiger partial charge is 0.345 e. The standard InChI is InChI=1S/C23H19FN4O/c1-16(17-9-11-19(24)12-10-17)26-23(29)21-15-28(20-7-3-2-4-8-20)27-22(21)18-6-5-13-25-14-18/h2-16H,1H3,(H,26,29). The van der Waals surface area contributed by atoms with Gasteiger partial charge in [-0.15, -0.1) is 0 Å². The fraction of sp³-hybridized carbons (Fsp3) is 0.0870. The smallest absolute Gasteiger partial charge is 0.255 e. The molecule has 2 heterocycles. The summed E-state index contributed by atoms with van der Waals surface area (Å²) >= 11 is 0. The zero-order valence-corrected chi connectivity index (χ0v) is 15.8. The van der Waals surface area contributed by atoms with Gasteiger partial charge in [-0.2, -0.15) is 5.10 Å². The molecule has 0 bridgehead atoms. The highest BCUT2D eigenvalue weighted by molar-refractivity contribution is 6.00. The Bertz CT molecular complexity index is 1110. The molecule has 0 saturated heterocycles. The van der Waals surface area contributed by atoms with E-state index in [-0.39, 0.29) is 17.8 Å². The maximum absolute atomic E-state index is 13.2. The van der Waals surface area contributed by atoms with Crippen LogP contribution in [-0.2, 0) is 0 Å². The third-order valence-corrected chi connectivity index (χ3v) is 4.63. The number of hydrogen-bond donors (Lipinski definition) is 1. The molecule has 5 nitrogen and oxygen atoms in total. The van der Waals surface area contributed by atoms with E-state index in [9.17, 15) is 9.18 Å². The first-order chi connectivity index (χ1) is 14.1. The molecule has 0 spiro atoms. The minimum atomic E-state index is -0.310. The number of rotatable bonds is 5. The number of carbonyl (C=O) groups excluding carboxylic acids is 1. The molecule has 0 saturated carbocycles. The number of hydrogen-bond acceptors (Lipinski definition) is 3. The Morgan fingerprint density at radius 2 is 1.79 bits per heavy atom. The summed E-state index contributed by atoms with van der Waals surface area (Å²) in [6, 6.07) is 19.1. The van der Waals surface area contributed by atoms with Crippen LogP contribution in [0.4, 0.5) is 4.39 Å². The summed E-state index contributed by atoms with van der Waals surface area (Å²) in [5.41, 5.74) is 3.41. The van der Waals surface area contributed by atoms with Gasteiger partial charge >= 0.3 is 0 Å². The molecule has 1 amide bonds. The minimum absolute atomic E-state index is 0.261. The number of nitrogens with zero attached hydrogens (tertiary/aromatic N) is 3. The van der Waals surface area contributed by atoms with Crippen LogP contribution >= 0.6 is 0 Å². The number of pyridine rings is 1. The van der Waals surface area contributed by atoms with E-state index in [4.69, 9.17) is 0 Å². The van der Waals surface area contributed by atoms with Crippen molar-refractivity contribution in [3.63, 3.8) is 0 Å². The number of aromatic nitrogens is 3. The van der Waals surface area contributed by atoms with E-state index in [0.717, 1.165) is 16.8 Å². The molecule has 1 atom stereocenters. The molecule has 0 fully saturated rings. The highest BCUT2D eigenvalue weighted by Crippen LogP contribution is 2.24. The molecule has 2 aromatic heterocycles. The summed E-state index contributed by atoms with van der Waals surface area (Å²) in [4.78, 5) is 17.2. The molecule has 29 heavy (non-hydrogen) atoms. The molecule has 1 N–H and O–H groups in total. The fourth-order valence-corrected chi connectivity index (χ4v) is 3.08. The molecule has 0 aliphatic carbocycles. The lowest BCUT2D eigenvalue weighted by Gasteiger charge is -2.14. The third kappa shape index (κ3) is 4.06. The van der Waals surface area contributed by atoms with Gasteiger partial charge < -0.3 is 5.32 Å². The first kappa shape index (κ1) is 18.6. The maximum atomic E-state index is 13.2. The highest BCUT2D eigenvalue weighted by Gasteiger charge is 2.20. The number of carbonyl (C=O) groups is 1. The van der Waals surface area contributed by atoms with Crippen LogP contribution < -0.4 is 5.32 Å². The number of halogens is 1. The van der Waals surface area contributed by atoms with Gasteiger partial charge in [0, 0.05) is 24.2 Å². The zero-order valence-electron chi connectivity index (χ0n) is 15.8. The summed E-state index contributed by atoms with van der Waals surface area (Å²) in [5.74, 6) is -0.571. The molecular formula is C23H19FN4O. The second-order valence-corrected chi connectivity index (χ2v) is 6.66. The molecule has 6 heteroatoms. The van der Waals surface area contributed by atoms with E-state index in [1.54, 1.807) is 41.5 Å². The van der Waals surface area contributed by atoms with E-state index >= 15 is 0 Å². The summed E-state index contributed by atoms with van der Waals surface area (Å²) in [6.07, 6.45) is 5.07.